The Morgan fingerprint density at radius 2 is 1.79 bits per heavy atom. The number of aryl methyl sites for hydroxylation is 1. The number of nitrogens with one attached hydrogen (secondary N) is 2. The van der Waals surface area contributed by atoms with E-state index in [0.29, 0.717) is 35.7 Å². The number of likely N-dealkylation sites (N-methyl/N-ethyl adjacent to an activating group) is 1. The Bertz CT molecular complexity index is 1740. The zero-order chi connectivity index (χ0) is 30.7. The molecule has 1 saturated heterocycles. The van der Waals surface area contributed by atoms with Crippen molar-refractivity contribution in [3.8, 4) is 11.8 Å². The molecule has 11 heteroatoms. The Balaban J connectivity index is 1.36. The maximum Gasteiger partial charge on any atom is 0.416 e. The summed E-state index contributed by atoms with van der Waals surface area (Å²) in [6.07, 6.45) is -3.18. The average Bonchev–Trinajstić information content (AvgIpc) is 2.97. The van der Waals surface area contributed by atoms with Crippen LogP contribution in [0.2, 0.25) is 0 Å². The lowest BCUT2D eigenvalue weighted by molar-refractivity contribution is -0.138. The van der Waals surface area contributed by atoms with E-state index >= 15 is 0 Å². The first-order chi connectivity index (χ1) is 20.5. The second-order valence-electron chi connectivity index (χ2n) is 10.5. The number of hydrogen-bond acceptors (Lipinski definition) is 6. The number of aromatic nitrogens is 2. The highest BCUT2D eigenvalue weighted by Gasteiger charge is 2.34. The summed E-state index contributed by atoms with van der Waals surface area (Å²) in [5, 5.41) is 5.66. The SMILES string of the molecule is CNc1ncc2c(F)cc(C#Cc3cc(C(=O)Nc4ccc(CN5CCN(C)CC5)c(C(F)(F)F)c4)ccc3C)cc2n1. The Kier molecular flexibility index (Phi) is 8.62. The van der Waals surface area contributed by atoms with E-state index in [4.69, 9.17) is 0 Å². The molecule has 7 nitrogen and oxygen atoms in total. The van der Waals surface area contributed by atoms with E-state index in [9.17, 15) is 22.4 Å². The summed E-state index contributed by atoms with van der Waals surface area (Å²) in [7, 11) is 3.65. The predicted molar refractivity (Wildman–Crippen MR) is 158 cm³/mol. The van der Waals surface area contributed by atoms with Crippen molar-refractivity contribution in [2.45, 2.75) is 19.6 Å². The van der Waals surface area contributed by atoms with Crippen LogP contribution in [-0.4, -0.2) is 65.9 Å². The molecule has 0 saturated carbocycles. The van der Waals surface area contributed by atoms with Crippen molar-refractivity contribution >= 4 is 28.4 Å². The van der Waals surface area contributed by atoms with E-state index in [1.807, 2.05) is 18.9 Å². The molecule has 5 rings (SSSR count). The quantitative estimate of drug-likeness (QED) is 0.235. The summed E-state index contributed by atoms with van der Waals surface area (Å²) in [4.78, 5) is 25.5. The number of fused-ring (bicyclic) bond motifs is 1. The number of anilines is 2. The summed E-state index contributed by atoms with van der Waals surface area (Å²) in [5.41, 5.74) is 1.74. The van der Waals surface area contributed by atoms with Gasteiger partial charge in [0.25, 0.3) is 5.91 Å². The van der Waals surface area contributed by atoms with Crippen molar-refractivity contribution < 1.29 is 22.4 Å². The van der Waals surface area contributed by atoms with Gasteiger partial charge in [-0.2, -0.15) is 13.2 Å². The number of alkyl halides is 3. The number of rotatable bonds is 5. The van der Waals surface area contributed by atoms with Crippen molar-refractivity contribution in [3.63, 3.8) is 0 Å². The van der Waals surface area contributed by atoms with Gasteiger partial charge >= 0.3 is 6.18 Å². The summed E-state index contributed by atoms with van der Waals surface area (Å²) in [6.45, 7) is 4.96. The van der Waals surface area contributed by atoms with Gasteiger partial charge in [0.2, 0.25) is 5.95 Å². The van der Waals surface area contributed by atoms with E-state index in [-0.39, 0.29) is 28.7 Å². The number of halogens is 4. The molecular formula is C32H30F4N6O. The molecule has 0 spiro atoms. The highest BCUT2D eigenvalue weighted by atomic mass is 19.4. The molecule has 0 atom stereocenters. The topological polar surface area (TPSA) is 73.4 Å². The molecule has 1 aromatic heterocycles. The van der Waals surface area contributed by atoms with Crippen LogP contribution in [0.25, 0.3) is 10.9 Å². The van der Waals surface area contributed by atoms with E-state index in [1.165, 1.54) is 24.4 Å². The lowest BCUT2D eigenvalue weighted by Gasteiger charge is -2.33. The Hall–Kier alpha value is -4.53. The third-order valence-electron chi connectivity index (χ3n) is 7.38. The van der Waals surface area contributed by atoms with Crippen LogP contribution in [0.4, 0.5) is 29.2 Å². The van der Waals surface area contributed by atoms with Gasteiger partial charge in [-0.3, -0.25) is 9.69 Å². The fraction of sp³-hybridized carbons (Fsp3) is 0.281. The molecule has 222 valence electrons. The van der Waals surface area contributed by atoms with Crippen LogP contribution < -0.4 is 10.6 Å². The normalized spacial score (nSPS) is 14.3. The largest absolute Gasteiger partial charge is 0.416 e. The van der Waals surface area contributed by atoms with Gasteiger partial charge in [-0.15, -0.1) is 0 Å². The van der Waals surface area contributed by atoms with Gasteiger partial charge in [0, 0.05) is 68.3 Å². The monoisotopic (exact) mass is 590 g/mol. The first kappa shape index (κ1) is 29.9. The summed E-state index contributed by atoms with van der Waals surface area (Å²) < 4.78 is 56.6. The number of carbonyl (C=O) groups excluding carboxylic acids is 1. The van der Waals surface area contributed by atoms with Gasteiger partial charge in [-0.25, -0.2) is 14.4 Å². The maximum atomic E-state index is 14.6. The lowest BCUT2D eigenvalue weighted by atomic mass is 10.0. The molecule has 3 aromatic carbocycles. The Labute approximate surface area is 246 Å². The summed E-state index contributed by atoms with van der Waals surface area (Å²) in [6, 6.07) is 11.7. The molecule has 1 aliphatic heterocycles. The average molecular weight is 591 g/mol. The zero-order valence-corrected chi connectivity index (χ0v) is 23.9. The molecule has 0 aliphatic carbocycles. The molecule has 1 amide bonds. The van der Waals surface area contributed by atoms with Gasteiger partial charge in [-0.05, 0) is 61.5 Å². The van der Waals surface area contributed by atoms with Crippen molar-refractivity contribution in [3.05, 3.63) is 93.9 Å². The molecule has 0 unspecified atom stereocenters. The number of piperazine rings is 1. The van der Waals surface area contributed by atoms with Gasteiger partial charge in [0.15, 0.2) is 0 Å². The van der Waals surface area contributed by atoms with Crippen molar-refractivity contribution in [2.24, 2.45) is 0 Å². The number of nitrogens with zero attached hydrogens (tertiary/aromatic N) is 4. The molecule has 4 aromatic rings. The minimum absolute atomic E-state index is 0.0437. The standard InChI is InChI=1S/C32H30F4N6O/c1-20-4-6-23(16-22(20)7-5-21-14-28(33)26-18-38-31(37-2)40-29(26)15-21)30(43)39-25-9-8-24(27(17-25)32(34,35)36)19-42-12-10-41(3)11-13-42/h4,6,8-9,14-18H,10-13,19H2,1-3H3,(H,39,43)(H,37,38,40). The predicted octanol–water partition coefficient (Wildman–Crippen LogP) is 5.54. The molecule has 2 N–H and O–H groups in total. The molecule has 43 heavy (non-hydrogen) atoms. The van der Waals surface area contributed by atoms with E-state index in [0.717, 1.165) is 24.7 Å². The van der Waals surface area contributed by atoms with Crippen molar-refractivity contribution in [1.29, 1.82) is 0 Å². The minimum atomic E-state index is -4.57. The first-order valence-electron chi connectivity index (χ1n) is 13.7. The Morgan fingerprint density at radius 1 is 1.02 bits per heavy atom. The van der Waals surface area contributed by atoms with Gasteiger partial charge in [-0.1, -0.05) is 24.0 Å². The van der Waals surface area contributed by atoms with Gasteiger partial charge in [0.1, 0.15) is 5.82 Å². The highest BCUT2D eigenvalue weighted by molar-refractivity contribution is 6.04. The van der Waals surface area contributed by atoms with Crippen molar-refractivity contribution in [1.82, 2.24) is 19.8 Å². The highest BCUT2D eigenvalue weighted by Crippen LogP contribution is 2.35. The van der Waals surface area contributed by atoms with Crippen LogP contribution in [0.5, 0.6) is 0 Å². The van der Waals surface area contributed by atoms with E-state index in [1.54, 1.807) is 31.3 Å². The fourth-order valence-electron chi connectivity index (χ4n) is 4.83. The zero-order valence-electron chi connectivity index (χ0n) is 23.9. The van der Waals surface area contributed by atoms with Gasteiger partial charge < -0.3 is 15.5 Å². The molecule has 1 aliphatic rings. The fourth-order valence-corrected chi connectivity index (χ4v) is 4.83. The third-order valence-corrected chi connectivity index (χ3v) is 7.38. The smallest absolute Gasteiger partial charge is 0.357 e. The second-order valence-corrected chi connectivity index (χ2v) is 10.5. The molecule has 1 fully saturated rings. The van der Waals surface area contributed by atoms with E-state index < -0.39 is 23.5 Å². The van der Waals surface area contributed by atoms with Crippen molar-refractivity contribution in [2.75, 3.05) is 50.9 Å². The number of carbonyl (C=O) groups is 1. The van der Waals surface area contributed by atoms with Gasteiger partial charge in [0.05, 0.1) is 16.5 Å². The molecule has 2 heterocycles. The van der Waals surface area contributed by atoms with Crippen LogP contribution in [0, 0.1) is 24.6 Å². The van der Waals surface area contributed by atoms with Crippen LogP contribution >= 0.6 is 0 Å². The number of amides is 1. The minimum Gasteiger partial charge on any atom is -0.357 e. The molecule has 0 bridgehead atoms. The first-order valence-corrected chi connectivity index (χ1v) is 13.7. The number of benzene rings is 3. The summed E-state index contributed by atoms with van der Waals surface area (Å²) >= 11 is 0. The number of hydrogen-bond donors (Lipinski definition) is 2. The van der Waals surface area contributed by atoms with E-state index in [2.05, 4.69) is 37.3 Å². The molecular weight excluding hydrogens is 560 g/mol. The summed E-state index contributed by atoms with van der Waals surface area (Å²) in [5.74, 6) is 5.16. The van der Waals surface area contributed by atoms with Crippen LogP contribution in [0.15, 0.2) is 54.7 Å². The van der Waals surface area contributed by atoms with Crippen LogP contribution in [-0.2, 0) is 12.7 Å². The molecule has 0 radical (unpaired) electrons. The lowest BCUT2D eigenvalue weighted by Crippen LogP contribution is -2.44. The maximum absolute atomic E-state index is 14.6. The third kappa shape index (κ3) is 7.10. The van der Waals surface area contributed by atoms with Crippen LogP contribution in [0.3, 0.4) is 0 Å². The Morgan fingerprint density at radius 3 is 2.51 bits per heavy atom. The van der Waals surface area contributed by atoms with Crippen LogP contribution in [0.1, 0.15) is 38.2 Å². The second kappa shape index (κ2) is 12.4.